The fourth-order valence-corrected chi connectivity index (χ4v) is 1.59. The molecule has 3 N–H and O–H groups in total. The van der Waals surface area contributed by atoms with Crippen LogP contribution in [0.1, 0.15) is 25.0 Å². The third kappa shape index (κ3) is 3.27. The summed E-state index contributed by atoms with van der Waals surface area (Å²) in [4.78, 5) is 19.4. The number of rotatable bonds is 5. The Balaban J connectivity index is 1.71. The fourth-order valence-electron chi connectivity index (χ4n) is 1.59. The Bertz CT molecular complexity index is 350. The Morgan fingerprint density at radius 3 is 3.06 bits per heavy atom. The van der Waals surface area contributed by atoms with Crippen molar-refractivity contribution in [3.63, 3.8) is 0 Å². The van der Waals surface area contributed by atoms with E-state index in [1.807, 2.05) is 0 Å². The summed E-state index contributed by atoms with van der Waals surface area (Å²) in [6.45, 7) is 0.443. The highest BCUT2D eigenvalue weighted by molar-refractivity contribution is 5.76. The number of nitrogens with zero attached hydrogens (tertiary/aromatic N) is 2. The highest BCUT2D eigenvalue weighted by Gasteiger charge is 2.29. The van der Waals surface area contributed by atoms with Crippen molar-refractivity contribution in [3.05, 3.63) is 24.3 Å². The minimum atomic E-state index is -0.00184. The van der Waals surface area contributed by atoms with Crippen molar-refractivity contribution in [2.45, 2.75) is 31.8 Å². The van der Waals surface area contributed by atoms with Gasteiger partial charge in [0.2, 0.25) is 5.91 Å². The van der Waals surface area contributed by atoms with Crippen molar-refractivity contribution in [1.82, 2.24) is 15.3 Å². The summed E-state index contributed by atoms with van der Waals surface area (Å²) in [7, 11) is 0. The normalized spacial score (nSPS) is 16.8. The predicted molar refractivity (Wildman–Crippen MR) is 59.2 cm³/mol. The Labute approximate surface area is 94.5 Å². The van der Waals surface area contributed by atoms with Gasteiger partial charge >= 0.3 is 0 Å². The molecule has 1 aromatic rings. The van der Waals surface area contributed by atoms with Crippen molar-refractivity contribution < 1.29 is 4.79 Å². The minimum absolute atomic E-state index is 0.00184. The van der Waals surface area contributed by atoms with Gasteiger partial charge in [-0.25, -0.2) is 9.97 Å². The van der Waals surface area contributed by atoms with Crippen LogP contribution in [0.5, 0.6) is 0 Å². The molecule has 86 valence electrons. The molecule has 0 spiro atoms. The molecule has 16 heavy (non-hydrogen) atoms. The molecule has 0 bridgehead atoms. The Kier molecular flexibility index (Phi) is 3.46. The number of hydrogen-bond acceptors (Lipinski definition) is 4. The van der Waals surface area contributed by atoms with E-state index in [0.717, 1.165) is 5.69 Å². The second-order valence-corrected chi connectivity index (χ2v) is 4.18. The molecule has 1 saturated carbocycles. The zero-order valence-electron chi connectivity index (χ0n) is 9.10. The molecule has 1 unspecified atom stereocenters. The molecule has 0 radical (unpaired) electrons. The molecular formula is C11H16N4O. The van der Waals surface area contributed by atoms with Crippen LogP contribution < -0.4 is 11.1 Å². The number of carbonyl (C=O) groups is 1. The molecule has 0 saturated heterocycles. The van der Waals surface area contributed by atoms with Crippen LogP contribution in [0.15, 0.2) is 18.6 Å². The SMILES string of the molecule is NC(CC(=O)NCc1ccncn1)C1CC1. The molecule has 5 heteroatoms. The molecule has 1 amide bonds. The average Bonchev–Trinajstić information content (AvgIpc) is 3.11. The topological polar surface area (TPSA) is 80.9 Å². The smallest absolute Gasteiger partial charge is 0.221 e. The van der Waals surface area contributed by atoms with Crippen molar-refractivity contribution in [2.75, 3.05) is 0 Å². The fraction of sp³-hybridized carbons (Fsp3) is 0.545. The van der Waals surface area contributed by atoms with Gasteiger partial charge in [0.1, 0.15) is 6.33 Å². The number of carbonyl (C=O) groups excluding carboxylic acids is 1. The van der Waals surface area contributed by atoms with Crippen LogP contribution in [0.2, 0.25) is 0 Å². The molecule has 1 aromatic heterocycles. The lowest BCUT2D eigenvalue weighted by atomic mass is 10.1. The Morgan fingerprint density at radius 1 is 1.62 bits per heavy atom. The van der Waals surface area contributed by atoms with Crippen molar-refractivity contribution in [1.29, 1.82) is 0 Å². The molecule has 0 aliphatic heterocycles. The number of nitrogens with two attached hydrogens (primary N) is 1. The summed E-state index contributed by atoms with van der Waals surface area (Å²) >= 11 is 0. The van der Waals surface area contributed by atoms with E-state index >= 15 is 0 Å². The third-order valence-electron chi connectivity index (χ3n) is 2.76. The monoisotopic (exact) mass is 220 g/mol. The van der Waals surface area contributed by atoms with E-state index < -0.39 is 0 Å². The summed E-state index contributed by atoms with van der Waals surface area (Å²) in [6, 6.07) is 1.80. The Hall–Kier alpha value is -1.49. The highest BCUT2D eigenvalue weighted by atomic mass is 16.1. The van der Waals surface area contributed by atoms with Crippen molar-refractivity contribution >= 4 is 5.91 Å². The second-order valence-electron chi connectivity index (χ2n) is 4.18. The second kappa shape index (κ2) is 5.03. The number of aromatic nitrogens is 2. The maximum atomic E-state index is 11.5. The first-order chi connectivity index (χ1) is 7.75. The summed E-state index contributed by atoms with van der Waals surface area (Å²) in [5.41, 5.74) is 6.67. The van der Waals surface area contributed by atoms with Gasteiger partial charge in [-0.1, -0.05) is 0 Å². The number of amides is 1. The van der Waals surface area contributed by atoms with E-state index in [1.165, 1.54) is 19.2 Å². The average molecular weight is 220 g/mol. The standard InChI is InChI=1S/C11H16N4O/c12-10(8-1-2-8)5-11(16)14-6-9-3-4-13-7-15-9/h3-4,7-8,10H,1-2,5-6,12H2,(H,14,16). The molecule has 5 nitrogen and oxygen atoms in total. The summed E-state index contributed by atoms with van der Waals surface area (Å²) in [5.74, 6) is 0.558. The van der Waals surface area contributed by atoms with E-state index in [-0.39, 0.29) is 11.9 Å². The van der Waals surface area contributed by atoms with Crippen LogP contribution in [0.3, 0.4) is 0 Å². The lowest BCUT2D eigenvalue weighted by Gasteiger charge is -2.09. The van der Waals surface area contributed by atoms with Crippen molar-refractivity contribution in [3.8, 4) is 0 Å². The quantitative estimate of drug-likeness (QED) is 0.743. The molecule has 1 heterocycles. The molecule has 1 fully saturated rings. The van der Waals surface area contributed by atoms with Gasteiger partial charge in [0.25, 0.3) is 0 Å². The summed E-state index contributed by atoms with van der Waals surface area (Å²) in [5, 5.41) is 2.80. The first kappa shape index (κ1) is 11.0. The van der Waals surface area contributed by atoms with Crippen LogP contribution in [0.4, 0.5) is 0 Å². The molecule has 2 rings (SSSR count). The van der Waals surface area contributed by atoms with Gasteiger partial charge in [0.05, 0.1) is 12.2 Å². The van der Waals surface area contributed by atoms with Gasteiger partial charge in [-0.3, -0.25) is 4.79 Å². The lowest BCUT2D eigenvalue weighted by molar-refractivity contribution is -0.121. The van der Waals surface area contributed by atoms with E-state index in [9.17, 15) is 4.79 Å². The van der Waals surface area contributed by atoms with Gasteiger partial charge in [0, 0.05) is 18.7 Å². The highest BCUT2D eigenvalue weighted by Crippen LogP contribution is 2.32. The van der Waals surface area contributed by atoms with E-state index in [1.54, 1.807) is 12.3 Å². The van der Waals surface area contributed by atoms with Crippen LogP contribution in [0.25, 0.3) is 0 Å². The third-order valence-corrected chi connectivity index (χ3v) is 2.76. The lowest BCUT2D eigenvalue weighted by Crippen LogP contribution is -2.32. The van der Waals surface area contributed by atoms with E-state index in [0.29, 0.717) is 18.9 Å². The van der Waals surface area contributed by atoms with Gasteiger partial charge < -0.3 is 11.1 Å². The van der Waals surface area contributed by atoms with Gasteiger partial charge in [-0.05, 0) is 24.8 Å². The number of nitrogens with one attached hydrogen (secondary N) is 1. The summed E-state index contributed by atoms with van der Waals surface area (Å²) in [6.07, 6.45) is 5.87. The van der Waals surface area contributed by atoms with Gasteiger partial charge in [0.15, 0.2) is 0 Å². The van der Waals surface area contributed by atoms with E-state index in [4.69, 9.17) is 5.73 Å². The maximum Gasteiger partial charge on any atom is 0.221 e. The molecular weight excluding hydrogens is 204 g/mol. The summed E-state index contributed by atoms with van der Waals surface area (Å²) < 4.78 is 0. The molecule has 1 aliphatic rings. The zero-order valence-corrected chi connectivity index (χ0v) is 9.10. The van der Waals surface area contributed by atoms with Gasteiger partial charge in [-0.2, -0.15) is 0 Å². The molecule has 1 atom stereocenters. The van der Waals surface area contributed by atoms with Crippen molar-refractivity contribution in [2.24, 2.45) is 11.7 Å². The first-order valence-electron chi connectivity index (χ1n) is 5.53. The molecule has 1 aliphatic carbocycles. The maximum absolute atomic E-state index is 11.5. The largest absolute Gasteiger partial charge is 0.350 e. The van der Waals surface area contributed by atoms with Crippen LogP contribution in [-0.2, 0) is 11.3 Å². The van der Waals surface area contributed by atoms with E-state index in [2.05, 4.69) is 15.3 Å². The van der Waals surface area contributed by atoms with Crippen LogP contribution >= 0.6 is 0 Å². The minimum Gasteiger partial charge on any atom is -0.350 e. The number of hydrogen-bond donors (Lipinski definition) is 2. The Morgan fingerprint density at radius 2 is 2.44 bits per heavy atom. The predicted octanol–water partition coefficient (Wildman–Crippen LogP) is 0.220. The van der Waals surface area contributed by atoms with Gasteiger partial charge in [-0.15, -0.1) is 0 Å². The van der Waals surface area contributed by atoms with Crippen LogP contribution in [-0.4, -0.2) is 21.9 Å². The first-order valence-corrected chi connectivity index (χ1v) is 5.53. The zero-order chi connectivity index (χ0) is 11.4. The van der Waals surface area contributed by atoms with Crippen LogP contribution in [0, 0.1) is 5.92 Å². The molecule has 0 aromatic carbocycles.